The number of benzene rings is 2. The Labute approximate surface area is 181 Å². The molecule has 0 spiro atoms. The number of likely N-dealkylation sites (N-methyl/N-ethyl adjacent to an activating group) is 1. The van der Waals surface area contributed by atoms with E-state index in [1.165, 1.54) is 0 Å². The van der Waals surface area contributed by atoms with Crippen molar-refractivity contribution in [2.24, 2.45) is 0 Å². The largest absolute Gasteiger partial charge is 0.308 e. The van der Waals surface area contributed by atoms with E-state index < -0.39 is 11.8 Å². The van der Waals surface area contributed by atoms with Gasteiger partial charge in [-0.05, 0) is 37.3 Å². The number of hydrazine groups is 1. The minimum atomic E-state index is -0.563. The molecule has 1 fully saturated rings. The van der Waals surface area contributed by atoms with Crippen LogP contribution in [0.2, 0.25) is 5.02 Å². The third-order valence-corrected chi connectivity index (χ3v) is 6.27. The Bertz CT molecular complexity index is 1120. The fourth-order valence-corrected chi connectivity index (χ4v) is 4.71. The molecule has 0 saturated carbocycles. The van der Waals surface area contributed by atoms with Gasteiger partial charge in [0.15, 0.2) is 4.32 Å². The molecular formula is C20H14ClN3O3S2. The topological polar surface area (TPSA) is 69.7 Å². The lowest BCUT2D eigenvalue weighted by molar-refractivity contribution is -0.124. The van der Waals surface area contributed by atoms with Gasteiger partial charge in [-0.25, -0.2) is 0 Å². The number of amides is 3. The quantitative estimate of drug-likeness (QED) is 0.579. The minimum Gasteiger partial charge on any atom is -0.308 e. The van der Waals surface area contributed by atoms with Crippen LogP contribution >= 0.6 is 35.6 Å². The molecule has 2 aliphatic rings. The van der Waals surface area contributed by atoms with Gasteiger partial charge in [0.25, 0.3) is 17.7 Å². The number of anilines is 1. The second-order valence-electron chi connectivity index (χ2n) is 6.20. The van der Waals surface area contributed by atoms with E-state index in [0.717, 1.165) is 22.5 Å². The third kappa shape index (κ3) is 3.23. The van der Waals surface area contributed by atoms with Crippen LogP contribution in [0, 0.1) is 0 Å². The van der Waals surface area contributed by atoms with Crippen molar-refractivity contribution in [2.45, 2.75) is 6.92 Å². The summed E-state index contributed by atoms with van der Waals surface area (Å²) in [5, 5.41) is 1.24. The number of halogens is 1. The van der Waals surface area contributed by atoms with Gasteiger partial charge in [0.1, 0.15) is 0 Å². The number of carbonyl (C=O) groups is 3. The van der Waals surface area contributed by atoms with Crippen molar-refractivity contribution >= 4 is 68.9 Å². The molecule has 1 saturated heterocycles. The summed E-state index contributed by atoms with van der Waals surface area (Å²) in [4.78, 5) is 40.4. The smallest absolute Gasteiger partial charge is 0.286 e. The molecule has 0 bridgehead atoms. The molecule has 2 aromatic carbocycles. The van der Waals surface area contributed by atoms with Crippen LogP contribution in [0.25, 0.3) is 5.57 Å². The fraction of sp³-hybridized carbons (Fsp3) is 0.100. The molecule has 3 amide bonds. The van der Waals surface area contributed by atoms with Gasteiger partial charge in [-0.3, -0.25) is 19.8 Å². The van der Waals surface area contributed by atoms with Gasteiger partial charge in [0, 0.05) is 12.1 Å². The Kier molecular flexibility index (Phi) is 5.16. The van der Waals surface area contributed by atoms with E-state index in [2.05, 4.69) is 5.43 Å². The first kappa shape index (κ1) is 19.6. The summed E-state index contributed by atoms with van der Waals surface area (Å²) in [6.45, 7) is 2.34. The van der Waals surface area contributed by atoms with Gasteiger partial charge < -0.3 is 4.90 Å². The van der Waals surface area contributed by atoms with E-state index in [4.69, 9.17) is 23.8 Å². The molecule has 6 nitrogen and oxygen atoms in total. The highest BCUT2D eigenvalue weighted by Crippen LogP contribution is 2.44. The predicted octanol–water partition coefficient (Wildman–Crippen LogP) is 3.62. The normalized spacial score (nSPS) is 18.5. The first-order valence-electron chi connectivity index (χ1n) is 8.71. The van der Waals surface area contributed by atoms with E-state index >= 15 is 0 Å². The molecule has 0 aliphatic carbocycles. The number of fused-ring (bicyclic) bond motifs is 1. The maximum Gasteiger partial charge on any atom is 0.286 e. The zero-order valence-electron chi connectivity index (χ0n) is 15.1. The Morgan fingerprint density at radius 3 is 2.52 bits per heavy atom. The summed E-state index contributed by atoms with van der Waals surface area (Å²) >= 11 is 12.3. The summed E-state index contributed by atoms with van der Waals surface area (Å²) in [6, 6.07) is 13.8. The van der Waals surface area contributed by atoms with Crippen LogP contribution in [-0.4, -0.2) is 33.6 Å². The number of para-hydroxylation sites is 1. The molecule has 0 radical (unpaired) electrons. The Hall–Kier alpha value is -2.68. The second kappa shape index (κ2) is 7.62. The zero-order valence-corrected chi connectivity index (χ0v) is 17.5. The van der Waals surface area contributed by atoms with Gasteiger partial charge >= 0.3 is 0 Å². The van der Waals surface area contributed by atoms with Crippen molar-refractivity contribution in [3.8, 4) is 0 Å². The number of carbonyl (C=O) groups excluding carboxylic acids is 3. The SMILES string of the molecule is CCN1C(=O)/C(=C2/SC(=S)N(NC(=O)c3ccccc3Cl)C2=O)c2ccccc21. The molecule has 2 aliphatic heterocycles. The standard InChI is InChI=1S/C20H14ClN3O3S2/c1-2-23-14-10-6-4-8-12(14)15(18(23)26)16-19(27)24(20(28)29-16)22-17(25)11-7-3-5-9-13(11)21/h3-10H,2H2,1H3,(H,22,25)/b16-15+. The maximum atomic E-state index is 13.0. The lowest BCUT2D eigenvalue weighted by atomic mass is 10.1. The van der Waals surface area contributed by atoms with Crippen LogP contribution in [0.4, 0.5) is 5.69 Å². The molecule has 4 rings (SSSR count). The molecular weight excluding hydrogens is 430 g/mol. The van der Waals surface area contributed by atoms with Crippen LogP contribution in [0.1, 0.15) is 22.8 Å². The van der Waals surface area contributed by atoms with Crippen LogP contribution in [-0.2, 0) is 9.59 Å². The van der Waals surface area contributed by atoms with Crippen molar-refractivity contribution in [3.05, 3.63) is 69.6 Å². The van der Waals surface area contributed by atoms with Crippen molar-refractivity contribution < 1.29 is 14.4 Å². The van der Waals surface area contributed by atoms with Crippen LogP contribution in [0.5, 0.6) is 0 Å². The highest BCUT2D eigenvalue weighted by Gasteiger charge is 2.42. The number of hydrogen-bond donors (Lipinski definition) is 1. The molecule has 0 unspecified atom stereocenters. The molecule has 146 valence electrons. The monoisotopic (exact) mass is 443 g/mol. The van der Waals surface area contributed by atoms with Crippen LogP contribution in [0.3, 0.4) is 0 Å². The molecule has 0 aromatic heterocycles. The lowest BCUT2D eigenvalue weighted by Crippen LogP contribution is -2.45. The van der Waals surface area contributed by atoms with Crippen molar-refractivity contribution in [1.29, 1.82) is 0 Å². The van der Waals surface area contributed by atoms with Gasteiger partial charge in [0.2, 0.25) is 0 Å². The average Bonchev–Trinajstić information content (AvgIpc) is 3.15. The molecule has 29 heavy (non-hydrogen) atoms. The van der Waals surface area contributed by atoms with Crippen molar-refractivity contribution in [2.75, 3.05) is 11.4 Å². The predicted molar refractivity (Wildman–Crippen MR) is 117 cm³/mol. The summed E-state index contributed by atoms with van der Waals surface area (Å²) in [7, 11) is 0. The number of thioether (sulfide) groups is 1. The van der Waals surface area contributed by atoms with Gasteiger partial charge in [0.05, 0.1) is 26.8 Å². The second-order valence-corrected chi connectivity index (χ2v) is 8.25. The molecule has 2 aromatic rings. The molecule has 2 heterocycles. The fourth-order valence-electron chi connectivity index (χ4n) is 3.24. The average molecular weight is 444 g/mol. The zero-order chi connectivity index (χ0) is 20.7. The van der Waals surface area contributed by atoms with E-state index in [9.17, 15) is 14.4 Å². The van der Waals surface area contributed by atoms with E-state index in [1.807, 2.05) is 25.1 Å². The molecule has 9 heteroatoms. The van der Waals surface area contributed by atoms with Gasteiger partial charge in [-0.2, -0.15) is 5.01 Å². The maximum absolute atomic E-state index is 13.0. The number of rotatable bonds is 3. The Morgan fingerprint density at radius 1 is 1.10 bits per heavy atom. The van der Waals surface area contributed by atoms with Crippen LogP contribution in [0.15, 0.2) is 53.4 Å². The van der Waals surface area contributed by atoms with Crippen molar-refractivity contribution in [3.63, 3.8) is 0 Å². The third-order valence-electron chi connectivity index (χ3n) is 4.57. The number of nitrogens with zero attached hydrogens (tertiary/aromatic N) is 2. The number of nitrogens with one attached hydrogen (secondary N) is 1. The van der Waals surface area contributed by atoms with Crippen LogP contribution < -0.4 is 10.3 Å². The van der Waals surface area contributed by atoms with Gasteiger partial charge in [-0.1, -0.05) is 53.7 Å². The number of thiocarbonyl (C=S) groups is 1. The first-order chi connectivity index (χ1) is 13.9. The van der Waals surface area contributed by atoms with Crippen molar-refractivity contribution in [1.82, 2.24) is 10.4 Å². The van der Waals surface area contributed by atoms with E-state index in [-0.39, 0.29) is 25.7 Å². The number of hydrogen-bond acceptors (Lipinski definition) is 5. The highest BCUT2D eigenvalue weighted by atomic mass is 35.5. The minimum absolute atomic E-state index is 0.137. The summed E-state index contributed by atoms with van der Waals surface area (Å²) in [5.74, 6) is -1.37. The lowest BCUT2D eigenvalue weighted by Gasteiger charge is -2.16. The summed E-state index contributed by atoms with van der Waals surface area (Å²) in [5.41, 5.74) is 4.44. The Balaban J connectivity index is 1.69. The van der Waals surface area contributed by atoms with E-state index in [0.29, 0.717) is 17.7 Å². The first-order valence-corrected chi connectivity index (χ1v) is 10.3. The summed E-state index contributed by atoms with van der Waals surface area (Å²) in [6.07, 6.45) is 0. The Morgan fingerprint density at radius 2 is 1.79 bits per heavy atom. The highest BCUT2D eigenvalue weighted by molar-refractivity contribution is 8.26. The molecule has 1 N–H and O–H groups in total. The van der Waals surface area contributed by atoms with E-state index in [1.54, 1.807) is 35.2 Å². The molecule has 0 atom stereocenters. The summed E-state index contributed by atoms with van der Waals surface area (Å²) < 4.78 is 0.137. The van der Waals surface area contributed by atoms with Gasteiger partial charge in [-0.15, -0.1) is 0 Å².